The second-order valence-corrected chi connectivity index (χ2v) is 7.24. The molecule has 3 rings (SSSR count). The third-order valence-corrected chi connectivity index (χ3v) is 5.11. The van der Waals surface area contributed by atoms with E-state index in [-0.39, 0.29) is 11.7 Å². The van der Waals surface area contributed by atoms with Crippen LogP contribution in [0.1, 0.15) is 5.56 Å². The van der Waals surface area contributed by atoms with Gasteiger partial charge in [0.25, 0.3) is 0 Å². The molecule has 3 aromatic rings. The van der Waals surface area contributed by atoms with Crippen molar-refractivity contribution in [3.05, 3.63) is 71.8 Å². The number of carbonyl (C=O) groups is 1. The first-order chi connectivity index (χ1) is 13.1. The van der Waals surface area contributed by atoms with Crippen LogP contribution in [0.25, 0.3) is 11.4 Å². The van der Waals surface area contributed by atoms with E-state index in [9.17, 15) is 4.79 Å². The molecule has 0 atom stereocenters. The normalized spacial score (nSPS) is 10.6. The number of aryl methyl sites for hydroxylation is 1. The quantitative estimate of drug-likeness (QED) is 0.457. The second kappa shape index (κ2) is 8.88. The highest BCUT2D eigenvalue weighted by Gasteiger charge is 2.16. The molecule has 138 valence electrons. The van der Waals surface area contributed by atoms with Crippen molar-refractivity contribution in [3.63, 3.8) is 0 Å². The lowest BCUT2D eigenvalue weighted by Crippen LogP contribution is -2.14. The summed E-state index contributed by atoms with van der Waals surface area (Å²) in [7, 11) is 0. The molecule has 0 saturated heterocycles. The second-order valence-electron chi connectivity index (χ2n) is 5.89. The van der Waals surface area contributed by atoms with E-state index in [2.05, 4.69) is 22.1 Å². The van der Waals surface area contributed by atoms with Crippen LogP contribution in [0.3, 0.4) is 0 Å². The molecule has 1 heterocycles. The van der Waals surface area contributed by atoms with Crippen molar-refractivity contribution >= 4 is 35.0 Å². The molecule has 5 nitrogen and oxygen atoms in total. The Bertz CT molecular complexity index is 953. The number of carbonyl (C=O) groups excluding carboxylic acids is 1. The number of nitrogens with zero attached hydrogens (tertiary/aromatic N) is 3. The van der Waals surface area contributed by atoms with Crippen LogP contribution >= 0.6 is 23.4 Å². The summed E-state index contributed by atoms with van der Waals surface area (Å²) < 4.78 is 1.90. The fraction of sp³-hybridized carbons (Fsp3) is 0.150. The van der Waals surface area contributed by atoms with Gasteiger partial charge in [0.2, 0.25) is 5.91 Å². The number of allylic oxidation sites excluding steroid dienone is 1. The number of rotatable bonds is 7. The molecule has 1 aromatic heterocycles. The van der Waals surface area contributed by atoms with Gasteiger partial charge in [0.1, 0.15) is 0 Å². The maximum absolute atomic E-state index is 12.2. The molecule has 2 aromatic carbocycles. The minimum atomic E-state index is -0.101. The van der Waals surface area contributed by atoms with Gasteiger partial charge in [0.15, 0.2) is 11.0 Å². The minimum Gasteiger partial charge on any atom is -0.325 e. The summed E-state index contributed by atoms with van der Waals surface area (Å²) in [4.78, 5) is 12.2. The number of anilines is 1. The summed E-state index contributed by atoms with van der Waals surface area (Å²) in [5, 5.41) is 12.6. The molecule has 0 aliphatic carbocycles. The van der Waals surface area contributed by atoms with Crippen molar-refractivity contribution in [1.29, 1.82) is 0 Å². The maximum Gasteiger partial charge on any atom is 0.234 e. The number of hydrogen-bond acceptors (Lipinski definition) is 4. The lowest BCUT2D eigenvalue weighted by molar-refractivity contribution is -0.113. The van der Waals surface area contributed by atoms with Crippen molar-refractivity contribution in [3.8, 4) is 11.4 Å². The highest BCUT2D eigenvalue weighted by Crippen LogP contribution is 2.29. The van der Waals surface area contributed by atoms with Crippen molar-refractivity contribution in [2.45, 2.75) is 18.6 Å². The van der Waals surface area contributed by atoms with Crippen LogP contribution < -0.4 is 5.32 Å². The van der Waals surface area contributed by atoms with E-state index in [1.165, 1.54) is 11.8 Å². The van der Waals surface area contributed by atoms with Crippen LogP contribution in [0.2, 0.25) is 5.02 Å². The van der Waals surface area contributed by atoms with Gasteiger partial charge in [-0.1, -0.05) is 59.3 Å². The smallest absolute Gasteiger partial charge is 0.234 e. The average Bonchev–Trinajstić information content (AvgIpc) is 3.05. The third-order valence-electron chi connectivity index (χ3n) is 3.81. The summed E-state index contributed by atoms with van der Waals surface area (Å²) in [5.41, 5.74) is 2.71. The van der Waals surface area contributed by atoms with Gasteiger partial charge in [-0.15, -0.1) is 16.8 Å². The summed E-state index contributed by atoms with van der Waals surface area (Å²) in [6.07, 6.45) is 1.76. The number of amides is 1. The minimum absolute atomic E-state index is 0.101. The standard InChI is InChI=1S/C20H19ClN4OS/c1-3-12-25-19(16-6-4-5-7-17(16)21)23-24-20(25)27-13-18(26)22-15-10-8-14(2)9-11-15/h3-11H,1,12-13H2,2H3,(H,22,26). The fourth-order valence-corrected chi connectivity index (χ4v) is 3.46. The molecule has 0 fully saturated rings. The van der Waals surface area contributed by atoms with Crippen molar-refractivity contribution in [1.82, 2.24) is 14.8 Å². The van der Waals surface area contributed by atoms with Crippen LogP contribution in [0, 0.1) is 6.92 Å². The zero-order valence-corrected chi connectivity index (χ0v) is 16.4. The topological polar surface area (TPSA) is 59.8 Å². The van der Waals surface area contributed by atoms with Gasteiger partial charge >= 0.3 is 0 Å². The predicted molar refractivity (Wildman–Crippen MR) is 111 cm³/mol. The maximum atomic E-state index is 12.2. The zero-order valence-electron chi connectivity index (χ0n) is 14.9. The van der Waals surface area contributed by atoms with E-state index < -0.39 is 0 Å². The van der Waals surface area contributed by atoms with E-state index in [0.29, 0.717) is 22.5 Å². The first-order valence-corrected chi connectivity index (χ1v) is 9.73. The van der Waals surface area contributed by atoms with Gasteiger partial charge in [-0.25, -0.2) is 0 Å². The lowest BCUT2D eigenvalue weighted by atomic mass is 10.2. The number of hydrogen-bond donors (Lipinski definition) is 1. The third kappa shape index (κ3) is 4.78. The van der Waals surface area contributed by atoms with Gasteiger partial charge in [-0.2, -0.15) is 0 Å². The molecule has 0 saturated carbocycles. The molecular weight excluding hydrogens is 380 g/mol. The highest BCUT2D eigenvalue weighted by molar-refractivity contribution is 7.99. The first-order valence-electron chi connectivity index (χ1n) is 8.37. The average molecular weight is 399 g/mol. The van der Waals surface area contributed by atoms with Gasteiger partial charge < -0.3 is 5.32 Å². The van der Waals surface area contributed by atoms with Crippen LogP contribution in [-0.4, -0.2) is 26.4 Å². The van der Waals surface area contributed by atoms with E-state index in [1.54, 1.807) is 6.08 Å². The van der Waals surface area contributed by atoms with Crippen molar-refractivity contribution in [2.24, 2.45) is 0 Å². The SMILES string of the molecule is C=CCn1c(SCC(=O)Nc2ccc(C)cc2)nnc1-c1ccccc1Cl. The molecule has 0 unspecified atom stereocenters. The molecule has 0 radical (unpaired) electrons. The molecule has 0 spiro atoms. The molecule has 0 aliphatic rings. The predicted octanol–water partition coefficient (Wildman–Crippen LogP) is 4.82. The largest absolute Gasteiger partial charge is 0.325 e. The van der Waals surface area contributed by atoms with Gasteiger partial charge in [0.05, 0.1) is 10.8 Å². The molecule has 1 N–H and O–H groups in total. The Kier molecular flexibility index (Phi) is 6.32. The van der Waals surface area contributed by atoms with Crippen molar-refractivity contribution < 1.29 is 4.79 Å². The Hall–Kier alpha value is -2.57. The Balaban J connectivity index is 1.73. The number of halogens is 1. The first kappa shape index (κ1) is 19.2. The van der Waals surface area contributed by atoms with E-state index in [0.717, 1.165) is 16.8 Å². The lowest BCUT2D eigenvalue weighted by Gasteiger charge is -2.09. The molecule has 0 bridgehead atoms. The summed E-state index contributed by atoms with van der Waals surface area (Å²) >= 11 is 7.62. The van der Waals surface area contributed by atoms with Crippen LogP contribution in [-0.2, 0) is 11.3 Å². The van der Waals surface area contributed by atoms with Crippen molar-refractivity contribution in [2.75, 3.05) is 11.1 Å². The highest BCUT2D eigenvalue weighted by atomic mass is 35.5. The molecule has 27 heavy (non-hydrogen) atoms. The molecule has 7 heteroatoms. The Morgan fingerprint density at radius 1 is 1.22 bits per heavy atom. The van der Waals surface area contributed by atoms with Crippen LogP contribution in [0.15, 0.2) is 66.3 Å². The zero-order chi connectivity index (χ0) is 19.2. The number of nitrogens with one attached hydrogen (secondary N) is 1. The summed E-state index contributed by atoms with van der Waals surface area (Å²) in [5.74, 6) is 0.782. The number of aromatic nitrogens is 3. The van der Waals surface area contributed by atoms with E-state index >= 15 is 0 Å². The van der Waals surface area contributed by atoms with Gasteiger partial charge in [-0.3, -0.25) is 9.36 Å². The molecular formula is C20H19ClN4OS. The summed E-state index contributed by atoms with van der Waals surface area (Å²) in [6, 6.07) is 15.1. The Morgan fingerprint density at radius 3 is 2.67 bits per heavy atom. The number of thioether (sulfide) groups is 1. The van der Waals surface area contributed by atoms with E-state index in [1.807, 2.05) is 60.0 Å². The fourth-order valence-electron chi connectivity index (χ4n) is 2.50. The number of benzene rings is 2. The van der Waals surface area contributed by atoms with Crippen LogP contribution in [0.5, 0.6) is 0 Å². The summed E-state index contributed by atoms with van der Waals surface area (Å²) in [6.45, 7) is 6.32. The Morgan fingerprint density at radius 2 is 1.96 bits per heavy atom. The monoisotopic (exact) mass is 398 g/mol. The molecule has 0 aliphatic heterocycles. The Labute approximate surface area is 167 Å². The van der Waals surface area contributed by atoms with Gasteiger partial charge in [0, 0.05) is 17.8 Å². The molecule has 1 amide bonds. The van der Waals surface area contributed by atoms with E-state index in [4.69, 9.17) is 11.6 Å². The van der Waals surface area contributed by atoms with Crippen LogP contribution in [0.4, 0.5) is 5.69 Å². The van der Waals surface area contributed by atoms with Gasteiger partial charge in [-0.05, 0) is 31.2 Å².